The first-order valence-corrected chi connectivity index (χ1v) is 18.0. The van der Waals surface area contributed by atoms with E-state index >= 15 is 0 Å². The standard InChI is InChI=1S/C42H37N3O6S/c1-26-38(25-52-34-18-16-30(17-19-34)41(48)49)50-42(51-39(26)29-14-12-27(24-46)13-15-29)33-9-5-8-32(21-33)31-7-4-6-28(20-31)22-44-40(47)37-23-43-35-10-2-3-11-36(35)45-37/h2-21,23,26,38-39,42,46H,22,24-25H2,1H3,(H,44,47)(H,48,49)/t26-,38+,39+,42+/m1/s1. The molecule has 6 aromatic rings. The average Bonchev–Trinajstić information content (AvgIpc) is 3.19. The number of aliphatic hydroxyl groups is 1. The summed E-state index contributed by atoms with van der Waals surface area (Å²) in [6, 6.07) is 38.3. The van der Waals surface area contributed by atoms with Crippen LogP contribution < -0.4 is 5.32 Å². The largest absolute Gasteiger partial charge is 0.478 e. The second kappa shape index (κ2) is 15.9. The van der Waals surface area contributed by atoms with Gasteiger partial charge in [-0.05, 0) is 76.3 Å². The summed E-state index contributed by atoms with van der Waals surface area (Å²) in [5.74, 6) is -0.616. The fourth-order valence-corrected chi connectivity index (χ4v) is 7.31. The van der Waals surface area contributed by atoms with Crippen LogP contribution in [0, 0.1) is 5.92 Å². The number of benzene rings is 5. The molecule has 52 heavy (non-hydrogen) atoms. The number of aromatic nitrogens is 2. The first-order valence-electron chi connectivity index (χ1n) is 17.0. The normalized spacial score (nSPS) is 18.6. The second-order valence-electron chi connectivity index (χ2n) is 12.7. The zero-order valence-electron chi connectivity index (χ0n) is 28.4. The number of rotatable bonds is 11. The molecular formula is C42H37N3O6S. The number of amides is 1. The molecule has 0 bridgehead atoms. The summed E-state index contributed by atoms with van der Waals surface area (Å²) in [6.45, 7) is 2.40. The molecule has 4 atom stereocenters. The van der Waals surface area contributed by atoms with Crippen LogP contribution in [0.5, 0.6) is 0 Å². The van der Waals surface area contributed by atoms with Gasteiger partial charge in [0, 0.05) is 28.7 Å². The van der Waals surface area contributed by atoms with E-state index in [0.29, 0.717) is 17.8 Å². The van der Waals surface area contributed by atoms with Gasteiger partial charge in [0.15, 0.2) is 6.29 Å². The summed E-state index contributed by atoms with van der Waals surface area (Å²) in [7, 11) is 0. The third-order valence-electron chi connectivity index (χ3n) is 9.19. The highest BCUT2D eigenvalue weighted by molar-refractivity contribution is 7.99. The SMILES string of the molecule is C[C@@H]1[C@H](CSc2ccc(C(=O)O)cc2)O[C@H](c2cccc(-c3cccc(CNC(=O)c4cnc5ccccc5n4)c3)c2)O[C@@H]1c1ccc(CO)cc1. The number of aliphatic hydroxyl groups excluding tert-OH is 1. The molecule has 10 heteroatoms. The number of hydrogen-bond acceptors (Lipinski definition) is 8. The van der Waals surface area contributed by atoms with Crippen LogP contribution in [0.15, 0.2) is 132 Å². The van der Waals surface area contributed by atoms with E-state index in [0.717, 1.165) is 43.8 Å². The van der Waals surface area contributed by atoms with E-state index in [-0.39, 0.29) is 41.9 Å². The molecule has 3 N–H and O–H groups in total. The van der Waals surface area contributed by atoms with Crippen LogP contribution in [0.25, 0.3) is 22.2 Å². The Morgan fingerprint density at radius 3 is 2.27 bits per heavy atom. The van der Waals surface area contributed by atoms with Crippen LogP contribution >= 0.6 is 11.8 Å². The molecule has 7 rings (SSSR count). The number of para-hydroxylation sites is 2. The molecule has 1 amide bonds. The summed E-state index contributed by atoms with van der Waals surface area (Å²) < 4.78 is 13.4. The topological polar surface area (TPSA) is 131 Å². The number of carbonyl (C=O) groups excluding carboxylic acids is 1. The van der Waals surface area contributed by atoms with Crippen molar-refractivity contribution in [2.75, 3.05) is 5.75 Å². The van der Waals surface area contributed by atoms with Gasteiger partial charge in [-0.1, -0.05) is 79.7 Å². The Bertz CT molecular complexity index is 2190. The van der Waals surface area contributed by atoms with Crippen molar-refractivity contribution >= 4 is 34.7 Å². The molecular weight excluding hydrogens is 675 g/mol. The summed E-state index contributed by atoms with van der Waals surface area (Å²) in [5.41, 5.74) is 7.51. The number of nitrogens with zero attached hydrogens (tertiary/aromatic N) is 2. The lowest BCUT2D eigenvalue weighted by Crippen LogP contribution is -2.38. The van der Waals surface area contributed by atoms with Gasteiger partial charge in [-0.3, -0.25) is 9.78 Å². The van der Waals surface area contributed by atoms with Crippen molar-refractivity contribution in [3.8, 4) is 11.1 Å². The average molecular weight is 712 g/mol. The number of carbonyl (C=O) groups is 2. The third-order valence-corrected chi connectivity index (χ3v) is 10.3. The van der Waals surface area contributed by atoms with Crippen LogP contribution in [-0.2, 0) is 22.6 Å². The molecule has 0 spiro atoms. The molecule has 9 nitrogen and oxygen atoms in total. The van der Waals surface area contributed by atoms with Crippen molar-refractivity contribution < 1.29 is 29.3 Å². The van der Waals surface area contributed by atoms with Crippen molar-refractivity contribution in [1.82, 2.24) is 15.3 Å². The Balaban J connectivity index is 1.09. The van der Waals surface area contributed by atoms with Gasteiger partial charge in [-0.15, -0.1) is 11.8 Å². The summed E-state index contributed by atoms with van der Waals surface area (Å²) in [5, 5.41) is 21.9. The quantitative estimate of drug-likeness (QED) is 0.114. The predicted molar refractivity (Wildman–Crippen MR) is 200 cm³/mol. The van der Waals surface area contributed by atoms with Crippen molar-refractivity contribution in [3.05, 3.63) is 161 Å². The van der Waals surface area contributed by atoms with Crippen molar-refractivity contribution in [1.29, 1.82) is 0 Å². The van der Waals surface area contributed by atoms with Gasteiger partial charge in [0.1, 0.15) is 5.69 Å². The smallest absolute Gasteiger partial charge is 0.335 e. The fraction of sp³-hybridized carbons (Fsp3) is 0.190. The van der Waals surface area contributed by atoms with Crippen molar-refractivity contribution in [3.63, 3.8) is 0 Å². The van der Waals surface area contributed by atoms with E-state index in [1.54, 1.807) is 23.9 Å². The van der Waals surface area contributed by atoms with Crippen LogP contribution in [0.1, 0.15) is 62.4 Å². The van der Waals surface area contributed by atoms with E-state index in [1.165, 1.54) is 6.20 Å². The second-order valence-corrected chi connectivity index (χ2v) is 13.8. The van der Waals surface area contributed by atoms with Crippen LogP contribution in [-0.4, -0.2) is 43.9 Å². The number of ether oxygens (including phenoxy) is 2. The Kier molecular flexibility index (Phi) is 10.7. The Hall–Kier alpha value is -5.39. The minimum atomic E-state index is -0.955. The third kappa shape index (κ3) is 8.06. The molecule has 0 radical (unpaired) electrons. The zero-order chi connectivity index (χ0) is 36.0. The van der Waals surface area contributed by atoms with Gasteiger partial charge in [-0.2, -0.15) is 0 Å². The van der Waals surface area contributed by atoms with Gasteiger partial charge >= 0.3 is 5.97 Å². The monoisotopic (exact) mass is 711 g/mol. The molecule has 1 fully saturated rings. The van der Waals surface area contributed by atoms with Crippen molar-refractivity contribution in [2.24, 2.45) is 5.92 Å². The minimum Gasteiger partial charge on any atom is -0.478 e. The highest BCUT2D eigenvalue weighted by Crippen LogP contribution is 2.43. The van der Waals surface area contributed by atoms with Gasteiger partial charge < -0.3 is 25.0 Å². The van der Waals surface area contributed by atoms with E-state index < -0.39 is 12.3 Å². The number of hydrogen-bond donors (Lipinski definition) is 3. The van der Waals surface area contributed by atoms with E-state index in [1.807, 2.05) is 97.1 Å². The number of carboxylic acids is 1. The van der Waals surface area contributed by atoms with Gasteiger partial charge in [0.2, 0.25) is 0 Å². The Morgan fingerprint density at radius 2 is 1.52 bits per heavy atom. The summed E-state index contributed by atoms with van der Waals surface area (Å²) >= 11 is 1.61. The molecule has 0 unspecified atom stereocenters. The molecule has 0 aliphatic carbocycles. The molecule has 5 aromatic carbocycles. The van der Waals surface area contributed by atoms with Gasteiger partial charge in [-0.25, -0.2) is 9.78 Å². The van der Waals surface area contributed by atoms with E-state index in [2.05, 4.69) is 34.3 Å². The molecule has 0 saturated carbocycles. The van der Waals surface area contributed by atoms with E-state index in [9.17, 15) is 19.8 Å². The fourth-order valence-electron chi connectivity index (χ4n) is 6.25. The minimum absolute atomic E-state index is 0.00215. The summed E-state index contributed by atoms with van der Waals surface area (Å²) in [4.78, 5) is 34.0. The van der Waals surface area contributed by atoms with Crippen LogP contribution in [0.3, 0.4) is 0 Å². The molecule has 1 aliphatic heterocycles. The number of fused-ring (bicyclic) bond motifs is 1. The lowest BCUT2D eigenvalue weighted by atomic mass is 9.91. The molecule has 262 valence electrons. The zero-order valence-corrected chi connectivity index (χ0v) is 29.2. The summed E-state index contributed by atoms with van der Waals surface area (Å²) in [6.07, 6.45) is 0.388. The number of nitrogens with one attached hydrogen (secondary N) is 1. The van der Waals surface area contributed by atoms with Crippen LogP contribution in [0.2, 0.25) is 0 Å². The molecule has 1 aliphatic rings. The lowest BCUT2D eigenvalue weighted by molar-refractivity contribution is -0.268. The van der Waals surface area contributed by atoms with Crippen molar-refractivity contribution in [2.45, 2.75) is 43.5 Å². The molecule has 2 heterocycles. The number of aromatic carboxylic acids is 1. The maximum Gasteiger partial charge on any atom is 0.335 e. The highest BCUT2D eigenvalue weighted by Gasteiger charge is 2.38. The molecule has 1 saturated heterocycles. The lowest BCUT2D eigenvalue weighted by Gasteiger charge is -2.41. The molecule has 1 aromatic heterocycles. The predicted octanol–water partition coefficient (Wildman–Crippen LogP) is 8.00. The Morgan fingerprint density at radius 1 is 0.788 bits per heavy atom. The maximum absolute atomic E-state index is 12.9. The van der Waals surface area contributed by atoms with Gasteiger partial charge in [0.05, 0.1) is 41.6 Å². The Labute approximate surface area is 305 Å². The highest BCUT2D eigenvalue weighted by atomic mass is 32.2. The first-order chi connectivity index (χ1) is 25.3. The number of thioether (sulfide) groups is 1. The van der Waals surface area contributed by atoms with Crippen LogP contribution in [0.4, 0.5) is 0 Å². The maximum atomic E-state index is 12.9. The number of carboxylic acid groups (broad SMARTS) is 1. The van der Waals surface area contributed by atoms with E-state index in [4.69, 9.17) is 9.47 Å². The van der Waals surface area contributed by atoms with Gasteiger partial charge in [0.25, 0.3) is 5.91 Å². The first kappa shape index (κ1) is 35.0.